The van der Waals surface area contributed by atoms with Gasteiger partial charge in [-0.25, -0.2) is 10.4 Å². The Morgan fingerprint density at radius 1 is 1.14 bits per heavy atom. The highest BCUT2D eigenvalue weighted by Gasteiger charge is 2.09. The number of para-hydroxylation sites is 1. The van der Waals surface area contributed by atoms with Gasteiger partial charge in [-0.3, -0.25) is 9.78 Å². The maximum atomic E-state index is 12.3. The molecule has 0 aliphatic rings. The first-order valence-corrected chi connectivity index (χ1v) is 8.73. The summed E-state index contributed by atoms with van der Waals surface area (Å²) in [4.78, 5) is 20.8. The number of hydrogen-bond acceptors (Lipinski definition) is 6. The summed E-state index contributed by atoms with van der Waals surface area (Å²) in [5.74, 6) is 0.989. The van der Waals surface area contributed by atoms with Crippen LogP contribution in [0.5, 0.6) is 11.5 Å². The van der Waals surface area contributed by atoms with Crippen LogP contribution in [0.4, 0.5) is 0 Å². The van der Waals surface area contributed by atoms with E-state index < -0.39 is 5.91 Å². The lowest BCUT2D eigenvalue weighted by Crippen LogP contribution is -2.19. The number of benzene rings is 2. The summed E-state index contributed by atoms with van der Waals surface area (Å²) in [6, 6.07) is 14.8. The first kappa shape index (κ1) is 19.0. The molecule has 0 unspecified atom stereocenters. The molecule has 0 spiro atoms. The van der Waals surface area contributed by atoms with E-state index in [-0.39, 0.29) is 5.69 Å². The van der Waals surface area contributed by atoms with Crippen molar-refractivity contribution < 1.29 is 14.3 Å². The van der Waals surface area contributed by atoms with Crippen LogP contribution in [0.1, 0.15) is 23.0 Å². The first-order valence-electron chi connectivity index (χ1n) is 8.73. The fourth-order valence-electron chi connectivity index (χ4n) is 2.49. The monoisotopic (exact) mass is 376 g/mol. The highest BCUT2D eigenvalue weighted by atomic mass is 16.5. The van der Waals surface area contributed by atoms with Gasteiger partial charge in [-0.1, -0.05) is 12.1 Å². The summed E-state index contributed by atoms with van der Waals surface area (Å²) in [5.41, 5.74) is 4.80. The van der Waals surface area contributed by atoms with Crippen molar-refractivity contribution >= 4 is 12.1 Å². The molecule has 0 bridgehead atoms. The summed E-state index contributed by atoms with van der Waals surface area (Å²) >= 11 is 0. The highest BCUT2D eigenvalue weighted by molar-refractivity contribution is 5.93. The van der Waals surface area contributed by atoms with Crippen molar-refractivity contribution in [2.75, 3.05) is 13.7 Å². The van der Waals surface area contributed by atoms with Gasteiger partial charge in [0.2, 0.25) is 0 Å². The van der Waals surface area contributed by atoms with E-state index in [2.05, 4.69) is 20.5 Å². The molecule has 7 nitrogen and oxygen atoms in total. The van der Waals surface area contributed by atoms with Gasteiger partial charge in [0.1, 0.15) is 17.2 Å². The predicted molar refractivity (Wildman–Crippen MR) is 107 cm³/mol. The van der Waals surface area contributed by atoms with Crippen LogP contribution in [0.25, 0.3) is 11.3 Å². The van der Waals surface area contributed by atoms with Crippen LogP contribution in [0.15, 0.2) is 66.0 Å². The fraction of sp³-hybridized carbons (Fsp3) is 0.143. The Morgan fingerprint density at radius 2 is 1.93 bits per heavy atom. The number of carbonyl (C=O) groups is 1. The summed E-state index contributed by atoms with van der Waals surface area (Å²) < 4.78 is 10.7. The van der Waals surface area contributed by atoms with Gasteiger partial charge in [0.15, 0.2) is 0 Å². The number of amides is 1. The second-order valence-electron chi connectivity index (χ2n) is 5.69. The molecule has 2 aromatic carbocycles. The number of methoxy groups -OCH3 is 1. The van der Waals surface area contributed by atoms with Crippen LogP contribution in [-0.4, -0.2) is 35.8 Å². The number of ether oxygens (including phenoxy) is 2. The maximum Gasteiger partial charge on any atom is 0.291 e. The molecule has 3 aromatic rings. The maximum absolute atomic E-state index is 12.3. The zero-order valence-electron chi connectivity index (χ0n) is 15.6. The summed E-state index contributed by atoms with van der Waals surface area (Å²) in [6.45, 7) is 2.53. The van der Waals surface area contributed by atoms with Crippen molar-refractivity contribution in [1.82, 2.24) is 15.4 Å². The molecule has 1 amide bonds. The third kappa shape index (κ3) is 4.70. The smallest absolute Gasteiger partial charge is 0.291 e. The lowest BCUT2D eigenvalue weighted by molar-refractivity contribution is 0.0950. The van der Waals surface area contributed by atoms with Crippen LogP contribution in [-0.2, 0) is 0 Å². The average Bonchev–Trinajstić information content (AvgIpc) is 2.75. The van der Waals surface area contributed by atoms with Gasteiger partial charge in [0, 0.05) is 11.1 Å². The fourth-order valence-corrected chi connectivity index (χ4v) is 2.49. The molecule has 1 N–H and O–H groups in total. The third-order valence-electron chi connectivity index (χ3n) is 3.84. The molecule has 0 radical (unpaired) electrons. The molecule has 0 saturated heterocycles. The van der Waals surface area contributed by atoms with Gasteiger partial charge in [-0.05, 0) is 43.3 Å². The van der Waals surface area contributed by atoms with E-state index in [1.54, 1.807) is 13.3 Å². The summed E-state index contributed by atoms with van der Waals surface area (Å²) in [6.07, 6.45) is 4.51. The minimum atomic E-state index is -0.452. The Balaban J connectivity index is 1.71. The molecule has 0 fully saturated rings. The lowest BCUT2D eigenvalue weighted by Gasteiger charge is -2.06. The van der Waals surface area contributed by atoms with E-state index in [0.29, 0.717) is 18.1 Å². The number of nitrogens with zero attached hydrogens (tertiary/aromatic N) is 3. The summed E-state index contributed by atoms with van der Waals surface area (Å²) in [5, 5.41) is 3.97. The van der Waals surface area contributed by atoms with Crippen molar-refractivity contribution in [3.05, 3.63) is 72.2 Å². The van der Waals surface area contributed by atoms with E-state index in [0.717, 1.165) is 16.9 Å². The molecule has 3 rings (SSSR count). The minimum absolute atomic E-state index is 0.170. The SMILES string of the molecule is CCOc1ccc(-c2cncc(C(=O)N/N=C/c3ccccc3OC)n2)cc1. The Morgan fingerprint density at radius 3 is 2.68 bits per heavy atom. The quantitative estimate of drug-likeness (QED) is 0.505. The van der Waals surface area contributed by atoms with E-state index in [4.69, 9.17) is 9.47 Å². The normalized spacial score (nSPS) is 10.6. The molecule has 28 heavy (non-hydrogen) atoms. The lowest BCUT2D eigenvalue weighted by atomic mass is 10.1. The number of hydrogen-bond donors (Lipinski definition) is 1. The molecule has 1 aromatic heterocycles. The molecule has 7 heteroatoms. The van der Waals surface area contributed by atoms with Crippen molar-refractivity contribution in [3.8, 4) is 22.8 Å². The molecule has 0 saturated carbocycles. The van der Waals surface area contributed by atoms with E-state index in [9.17, 15) is 4.79 Å². The van der Waals surface area contributed by atoms with Crippen molar-refractivity contribution in [3.63, 3.8) is 0 Å². The van der Waals surface area contributed by atoms with Gasteiger partial charge in [0.05, 0.1) is 38.0 Å². The molecular weight excluding hydrogens is 356 g/mol. The second kappa shape index (κ2) is 9.27. The number of carbonyl (C=O) groups excluding carboxylic acids is 1. The molecule has 0 aliphatic carbocycles. The average molecular weight is 376 g/mol. The van der Waals surface area contributed by atoms with Crippen LogP contribution in [0.2, 0.25) is 0 Å². The molecule has 0 aliphatic heterocycles. The zero-order valence-corrected chi connectivity index (χ0v) is 15.6. The molecular formula is C21H20N4O3. The number of hydrazone groups is 1. The number of nitrogens with one attached hydrogen (secondary N) is 1. The topological polar surface area (TPSA) is 85.7 Å². The standard InChI is InChI=1S/C21H20N4O3/c1-3-28-17-10-8-15(9-11-17)18-13-22-14-19(24-18)21(26)25-23-12-16-6-4-5-7-20(16)27-2/h4-14H,3H2,1-2H3,(H,25,26)/b23-12+. The van der Waals surface area contributed by atoms with E-state index in [1.807, 2.05) is 55.5 Å². The van der Waals surface area contributed by atoms with Crippen molar-refractivity contribution in [2.45, 2.75) is 6.92 Å². The van der Waals surface area contributed by atoms with Gasteiger partial charge >= 0.3 is 0 Å². The van der Waals surface area contributed by atoms with Crippen LogP contribution in [0.3, 0.4) is 0 Å². The van der Waals surface area contributed by atoms with Gasteiger partial charge in [0.25, 0.3) is 5.91 Å². The minimum Gasteiger partial charge on any atom is -0.496 e. The van der Waals surface area contributed by atoms with Crippen LogP contribution >= 0.6 is 0 Å². The Bertz CT molecular complexity index is 971. The third-order valence-corrected chi connectivity index (χ3v) is 3.84. The number of rotatable bonds is 7. The predicted octanol–water partition coefficient (Wildman–Crippen LogP) is 3.31. The van der Waals surface area contributed by atoms with Crippen molar-refractivity contribution in [2.24, 2.45) is 5.10 Å². The second-order valence-corrected chi connectivity index (χ2v) is 5.69. The Kier molecular flexibility index (Phi) is 6.30. The van der Waals surface area contributed by atoms with Gasteiger partial charge < -0.3 is 9.47 Å². The zero-order chi connectivity index (χ0) is 19.8. The first-order chi connectivity index (χ1) is 13.7. The van der Waals surface area contributed by atoms with Crippen molar-refractivity contribution in [1.29, 1.82) is 0 Å². The van der Waals surface area contributed by atoms with Gasteiger partial charge in [-0.2, -0.15) is 5.10 Å². The van der Waals surface area contributed by atoms with Crippen LogP contribution in [0, 0.1) is 0 Å². The van der Waals surface area contributed by atoms with Gasteiger partial charge in [-0.15, -0.1) is 0 Å². The molecule has 1 heterocycles. The molecule has 142 valence electrons. The number of aromatic nitrogens is 2. The molecule has 0 atom stereocenters. The van der Waals surface area contributed by atoms with E-state index in [1.165, 1.54) is 12.4 Å². The summed E-state index contributed by atoms with van der Waals surface area (Å²) in [7, 11) is 1.58. The largest absolute Gasteiger partial charge is 0.496 e. The Hall–Kier alpha value is -3.74. The van der Waals surface area contributed by atoms with E-state index >= 15 is 0 Å². The van der Waals surface area contributed by atoms with Crippen LogP contribution < -0.4 is 14.9 Å². The Labute approximate surface area is 163 Å². The highest BCUT2D eigenvalue weighted by Crippen LogP contribution is 2.20.